The van der Waals surface area contributed by atoms with Crippen LogP contribution in [0.5, 0.6) is 0 Å². The van der Waals surface area contributed by atoms with E-state index in [1.54, 1.807) is 12.3 Å². The highest BCUT2D eigenvalue weighted by atomic mass is 35.5. The zero-order valence-corrected chi connectivity index (χ0v) is 10.0. The number of hydrogen-bond donors (Lipinski definition) is 0. The predicted molar refractivity (Wildman–Crippen MR) is 59.4 cm³/mol. The fraction of sp³-hybridized carbons (Fsp3) is 0.125. The van der Waals surface area contributed by atoms with E-state index in [1.165, 1.54) is 11.8 Å². The van der Waals surface area contributed by atoms with Crippen molar-refractivity contribution in [2.24, 2.45) is 7.05 Å². The number of imidazole rings is 1. The quantitative estimate of drug-likeness (QED) is 0.833. The molecule has 2 rings (SSSR count). The Kier molecular flexibility index (Phi) is 3.14. The van der Waals surface area contributed by atoms with Crippen LogP contribution in [-0.2, 0) is 7.05 Å². The van der Waals surface area contributed by atoms with Crippen LogP contribution >= 0.6 is 35.0 Å². The van der Waals surface area contributed by atoms with E-state index in [0.29, 0.717) is 10.3 Å². The summed E-state index contributed by atoms with van der Waals surface area (Å²) in [6, 6.07) is 1.66. The van der Waals surface area contributed by atoms with Gasteiger partial charge in [0.25, 0.3) is 0 Å². The van der Waals surface area contributed by atoms with Crippen LogP contribution in [0.2, 0.25) is 10.3 Å². The van der Waals surface area contributed by atoms with Gasteiger partial charge in [-0.25, -0.2) is 4.98 Å². The van der Waals surface area contributed by atoms with Gasteiger partial charge in [-0.2, -0.15) is 0 Å². The first-order valence-corrected chi connectivity index (χ1v) is 5.58. The van der Waals surface area contributed by atoms with Gasteiger partial charge in [0.05, 0.1) is 4.90 Å². The van der Waals surface area contributed by atoms with E-state index in [0.717, 1.165) is 10.1 Å². The molecule has 0 amide bonds. The summed E-state index contributed by atoms with van der Waals surface area (Å²) in [4.78, 5) is 4.90. The van der Waals surface area contributed by atoms with Crippen molar-refractivity contribution in [3.05, 3.63) is 28.8 Å². The fourth-order valence-electron chi connectivity index (χ4n) is 0.958. The van der Waals surface area contributed by atoms with Crippen LogP contribution in [0.1, 0.15) is 0 Å². The molecule has 0 N–H and O–H groups in total. The molecule has 0 bridgehead atoms. The van der Waals surface area contributed by atoms with E-state index < -0.39 is 0 Å². The second-order valence-electron chi connectivity index (χ2n) is 2.74. The largest absolute Gasteiger partial charge is 0.329 e. The van der Waals surface area contributed by atoms with Gasteiger partial charge in [-0.1, -0.05) is 23.2 Å². The van der Waals surface area contributed by atoms with Gasteiger partial charge in [0, 0.05) is 19.4 Å². The Hall–Kier alpha value is -0.780. The minimum absolute atomic E-state index is 0.316. The summed E-state index contributed by atoms with van der Waals surface area (Å²) in [6.45, 7) is 0. The minimum Gasteiger partial charge on any atom is -0.329 e. The average molecular weight is 261 g/mol. The molecule has 4 nitrogen and oxygen atoms in total. The van der Waals surface area contributed by atoms with Gasteiger partial charge in [0.2, 0.25) is 0 Å². The molecule has 2 heterocycles. The summed E-state index contributed by atoms with van der Waals surface area (Å²) in [5.41, 5.74) is 0. The number of aryl methyl sites for hydroxylation is 1. The van der Waals surface area contributed by atoms with Gasteiger partial charge in [-0.3, -0.25) is 0 Å². The third-order valence-corrected chi connectivity index (χ3v) is 3.35. The lowest BCUT2D eigenvalue weighted by atomic mass is 10.6. The van der Waals surface area contributed by atoms with Crippen molar-refractivity contribution in [1.82, 2.24) is 19.7 Å². The summed E-state index contributed by atoms with van der Waals surface area (Å²) < 4.78 is 1.88. The van der Waals surface area contributed by atoms with Crippen molar-refractivity contribution in [2.75, 3.05) is 0 Å². The lowest BCUT2D eigenvalue weighted by molar-refractivity contribution is 0.789. The first-order valence-electron chi connectivity index (χ1n) is 4.00. The van der Waals surface area contributed by atoms with Gasteiger partial charge in [-0.15, -0.1) is 10.2 Å². The van der Waals surface area contributed by atoms with Gasteiger partial charge in [-0.05, 0) is 17.8 Å². The lowest BCUT2D eigenvalue weighted by Crippen LogP contribution is -1.91. The summed E-state index contributed by atoms with van der Waals surface area (Å²) in [7, 11) is 1.90. The number of rotatable bonds is 2. The van der Waals surface area contributed by atoms with Crippen molar-refractivity contribution in [3.8, 4) is 0 Å². The van der Waals surface area contributed by atoms with E-state index in [1.807, 2.05) is 17.8 Å². The Morgan fingerprint density at radius 1 is 1.33 bits per heavy atom. The van der Waals surface area contributed by atoms with Crippen molar-refractivity contribution >= 4 is 35.0 Å². The maximum absolute atomic E-state index is 5.88. The second kappa shape index (κ2) is 4.38. The van der Waals surface area contributed by atoms with E-state index >= 15 is 0 Å². The molecule has 0 unspecified atom stereocenters. The molecular formula is C8H6Cl2N4S. The highest BCUT2D eigenvalue weighted by Gasteiger charge is 2.08. The topological polar surface area (TPSA) is 43.6 Å². The zero-order chi connectivity index (χ0) is 10.8. The molecule has 0 aliphatic heterocycles. The van der Waals surface area contributed by atoms with Gasteiger partial charge in [0.15, 0.2) is 15.5 Å². The fourth-order valence-corrected chi connectivity index (χ4v) is 2.19. The highest BCUT2D eigenvalue weighted by Crippen LogP contribution is 2.31. The third-order valence-electron chi connectivity index (χ3n) is 1.67. The normalized spacial score (nSPS) is 10.6. The minimum atomic E-state index is 0.316. The van der Waals surface area contributed by atoms with Crippen molar-refractivity contribution in [2.45, 2.75) is 10.1 Å². The lowest BCUT2D eigenvalue weighted by Gasteiger charge is -2.02. The molecule has 78 valence electrons. The van der Waals surface area contributed by atoms with Gasteiger partial charge in [0.1, 0.15) is 0 Å². The summed E-state index contributed by atoms with van der Waals surface area (Å²) in [5.74, 6) is 0. The molecule has 0 saturated carbocycles. The molecule has 0 aromatic carbocycles. The molecule has 0 atom stereocenters. The molecule has 0 saturated heterocycles. The Balaban J connectivity index is 2.32. The molecule has 0 aliphatic carbocycles. The van der Waals surface area contributed by atoms with Crippen molar-refractivity contribution in [3.63, 3.8) is 0 Å². The summed E-state index contributed by atoms with van der Waals surface area (Å²) >= 11 is 13.0. The molecule has 0 aliphatic rings. The average Bonchev–Trinajstić information content (AvgIpc) is 2.58. The highest BCUT2D eigenvalue weighted by molar-refractivity contribution is 7.99. The Labute approximate surface area is 101 Å². The van der Waals surface area contributed by atoms with Gasteiger partial charge < -0.3 is 4.57 Å². The van der Waals surface area contributed by atoms with Crippen LogP contribution < -0.4 is 0 Å². The standard InChI is InChI=1S/C8H6Cl2N4S/c1-14-3-2-11-8(14)15-5-4-6(9)12-13-7(5)10/h2-4H,1H3. The molecular weight excluding hydrogens is 255 g/mol. The molecule has 2 aromatic heterocycles. The van der Waals surface area contributed by atoms with Crippen molar-refractivity contribution < 1.29 is 0 Å². The van der Waals surface area contributed by atoms with E-state index in [2.05, 4.69) is 15.2 Å². The van der Waals surface area contributed by atoms with Gasteiger partial charge >= 0.3 is 0 Å². The van der Waals surface area contributed by atoms with E-state index in [9.17, 15) is 0 Å². The smallest absolute Gasteiger partial charge is 0.172 e. The second-order valence-corrected chi connectivity index (χ2v) is 4.50. The monoisotopic (exact) mass is 260 g/mol. The molecule has 7 heteroatoms. The van der Waals surface area contributed by atoms with Crippen LogP contribution in [0.3, 0.4) is 0 Å². The summed E-state index contributed by atoms with van der Waals surface area (Å²) in [6.07, 6.45) is 3.57. The van der Waals surface area contributed by atoms with E-state index in [4.69, 9.17) is 23.2 Å². The maximum atomic E-state index is 5.88. The van der Waals surface area contributed by atoms with Crippen LogP contribution in [0.25, 0.3) is 0 Å². The van der Waals surface area contributed by atoms with Crippen molar-refractivity contribution in [1.29, 1.82) is 0 Å². The predicted octanol–water partition coefficient (Wildman–Crippen LogP) is 2.67. The van der Waals surface area contributed by atoms with Crippen LogP contribution in [0.15, 0.2) is 28.5 Å². The Bertz CT molecular complexity index is 485. The number of hydrogen-bond acceptors (Lipinski definition) is 4. The van der Waals surface area contributed by atoms with Crippen LogP contribution in [0, 0.1) is 0 Å². The van der Waals surface area contributed by atoms with E-state index in [-0.39, 0.29) is 0 Å². The number of nitrogens with zero attached hydrogens (tertiary/aromatic N) is 4. The summed E-state index contributed by atoms with van der Waals surface area (Å²) in [5, 5.41) is 8.81. The van der Waals surface area contributed by atoms with Crippen LogP contribution in [0.4, 0.5) is 0 Å². The first kappa shape index (κ1) is 10.7. The number of aromatic nitrogens is 4. The first-order chi connectivity index (χ1) is 7.16. The Morgan fingerprint density at radius 3 is 2.80 bits per heavy atom. The molecule has 0 radical (unpaired) electrons. The Morgan fingerprint density at radius 2 is 2.13 bits per heavy atom. The molecule has 2 aromatic rings. The maximum Gasteiger partial charge on any atom is 0.172 e. The molecule has 0 spiro atoms. The SMILES string of the molecule is Cn1ccnc1Sc1cc(Cl)nnc1Cl. The third kappa shape index (κ3) is 2.42. The van der Waals surface area contributed by atoms with Crippen LogP contribution in [-0.4, -0.2) is 19.7 Å². The number of halogens is 2. The zero-order valence-electron chi connectivity index (χ0n) is 7.69. The molecule has 15 heavy (non-hydrogen) atoms. The molecule has 0 fully saturated rings.